The maximum absolute atomic E-state index is 5.24. The smallest absolute Gasteiger partial charge is 0.146 e. The van der Waals surface area contributed by atoms with Crippen LogP contribution in [0.5, 0.6) is 5.75 Å². The van der Waals surface area contributed by atoms with Crippen LogP contribution in [0.15, 0.2) is 52.2 Å². The molecule has 0 aliphatic carbocycles. The Balaban J connectivity index is 1.90. The molecule has 4 heteroatoms. The summed E-state index contributed by atoms with van der Waals surface area (Å²) in [5.41, 5.74) is 4.01. The van der Waals surface area contributed by atoms with Crippen molar-refractivity contribution in [2.24, 2.45) is 5.10 Å². The van der Waals surface area contributed by atoms with Gasteiger partial charge in [0.05, 0.1) is 26.1 Å². The van der Waals surface area contributed by atoms with Gasteiger partial charge < -0.3 is 14.6 Å². The highest BCUT2D eigenvalue weighted by Crippen LogP contribution is 2.16. The summed E-state index contributed by atoms with van der Waals surface area (Å²) in [7, 11) is 1.66. The molecule has 0 spiro atoms. The van der Waals surface area contributed by atoms with Gasteiger partial charge in [0.25, 0.3) is 0 Å². The zero-order valence-electron chi connectivity index (χ0n) is 9.59. The molecule has 1 aromatic heterocycles. The van der Waals surface area contributed by atoms with Gasteiger partial charge in [-0.25, -0.2) is 0 Å². The zero-order valence-corrected chi connectivity index (χ0v) is 9.59. The maximum Gasteiger partial charge on any atom is 0.146 e. The summed E-state index contributed by atoms with van der Waals surface area (Å²) in [5, 5.41) is 4.06. The lowest BCUT2D eigenvalue weighted by Crippen LogP contribution is -2.06. The molecule has 1 aromatic carbocycles. The van der Waals surface area contributed by atoms with Gasteiger partial charge in [-0.15, -0.1) is 0 Å². The van der Waals surface area contributed by atoms with Crippen LogP contribution in [0.25, 0.3) is 0 Å². The summed E-state index contributed by atoms with van der Waals surface area (Å²) in [6, 6.07) is 11.5. The number of nitrogens with one attached hydrogen (secondary N) is 1. The number of nitrogens with zero attached hydrogens (tertiary/aromatic N) is 1. The zero-order chi connectivity index (χ0) is 11.9. The molecule has 2 aromatic rings. The second kappa shape index (κ2) is 5.75. The molecule has 2 rings (SSSR count). The van der Waals surface area contributed by atoms with Crippen LogP contribution in [0.2, 0.25) is 0 Å². The van der Waals surface area contributed by atoms with Gasteiger partial charge in [0, 0.05) is 5.56 Å². The van der Waals surface area contributed by atoms with Crippen molar-refractivity contribution >= 4 is 6.21 Å². The first-order valence-corrected chi connectivity index (χ1v) is 5.31. The van der Waals surface area contributed by atoms with Crippen molar-refractivity contribution in [3.05, 3.63) is 54.0 Å². The highest BCUT2D eigenvalue weighted by Gasteiger charge is 1.99. The number of hydrogen-bond acceptors (Lipinski definition) is 4. The van der Waals surface area contributed by atoms with Crippen molar-refractivity contribution in [2.75, 3.05) is 7.11 Å². The van der Waals surface area contributed by atoms with Crippen LogP contribution in [0.4, 0.5) is 0 Å². The van der Waals surface area contributed by atoms with E-state index in [1.807, 2.05) is 36.4 Å². The summed E-state index contributed by atoms with van der Waals surface area (Å²) in [4.78, 5) is 0. The van der Waals surface area contributed by atoms with E-state index in [0.717, 1.165) is 17.1 Å². The Hall–Kier alpha value is -2.23. The van der Waals surface area contributed by atoms with Gasteiger partial charge in [0.1, 0.15) is 11.5 Å². The van der Waals surface area contributed by atoms with E-state index in [1.54, 1.807) is 19.6 Å². The Kier molecular flexibility index (Phi) is 3.81. The number of para-hydroxylation sites is 1. The Morgan fingerprint density at radius 2 is 2.18 bits per heavy atom. The molecule has 1 N–H and O–H groups in total. The lowest BCUT2D eigenvalue weighted by atomic mass is 10.2. The first-order valence-electron chi connectivity index (χ1n) is 5.31. The van der Waals surface area contributed by atoms with E-state index in [2.05, 4.69) is 10.5 Å². The Morgan fingerprint density at radius 1 is 1.29 bits per heavy atom. The van der Waals surface area contributed by atoms with Crippen LogP contribution >= 0.6 is 0 Å². The largest absolute Gasteiger partial charge is 0.496 e. The van der Waals surface area contributed by atoms with Crippen molar-refractivity contribution in [2.45, 2.75) is 6.54 Å². The van der Waals surface area contributed by atoms with Crippen molar-refractivity contribution in [3.63, 3.8) is 0 Å². The molecule has 88 valence electrons. The number of ether oxygens (including phenoxy) is 1. The molecule has 1 heterocycles. The van der Waals surface area contributed by atoms with Gasteiger partial charge in [0.2, 0.25) is 0 Å². The summed E-state index contributed by atoms with van der Waals surface area (Å²) in [6.07, 6.45) is 3.25. The van der Waals surface area contributed by atoms with E-state index in [1.165, 1.54) is 0 Å². The van der Waals surface area contributed by atoms with Crippen molar-refractivity contribution in [1.29, 1.82) is 0 Å². The van der Waals surface area contributed by atoms with Gasteiger partial charge in [-0.1, -0.05) is 18.2 Å². The number of hydrogen-bond donors (Lipinski definition) is 1. The van der Waals surface area contributed by atoms with E-state index in [-0.39, 0.29) is 0 Å². The van der Waals surface area contributed by atoms with Crippen LogP contribution in [0.1, 0.15) is 11.3 Å². The van der Waals surface area contributed by atoms with Gasteiger partial charge in [-0.3, -0.25) is 0 Å². The van der Waals surface area contributed by atoms with Crippen LogP contribution in [-0.4, -0.2) is 13.3 Å². The second-order valence-corrected chi connectivity index (χ2v) is 3.42. The average Bonchev–Trinajstić information content (AvgIpc) is 2.88. The molecule has 0 bridgehead atoms. The fourth-order valence-electron chi connectivity index (χ4n) is 1.45. The average molecular weight is 230 g/mol. The molecule has 0 aliphatic rings. The number of benzene rings is 1. The van der Waals surface area contributed by atoms with Crippen LogP contribution < -0.4 is 10.2 Å². The SMILES string of the molecule is COc1ccccc1CN/N=C/c1ccco1. The Morgan fingerprint density at radius 3 is 2.94 bits per heavy atom. The van der Waals surface area contributed by atoms with Crippen molar-refractivity contribution < 1.29 is 9.15 Å². The predicted molar refractivity (Wildman–Crippen MR) is 66.1 cm³/mol. The Bertz CT molecular complexity index is 478. The standard InChI is InChI=1S/C13H14N2O2/c1-16-13-7-3-2-5-11(13)9-14-15-10-12-6-4-8-17-12/h2-8,10,14H,9H2,1H3/b15-10+. The van der Waals surface area contributed by atoms with Gasteiger partial charge in [0.15, 0.2) is 0 Å². The molecule has 0 radical (unpaired) electrons. The third-order valence-corrected chi connectivity index (χ3v) is 2.29. The number of methoxy groups -OCH3 is 1. The van der Waals surface area contributed by atoms with E-state index >= 15 is 0 Å². The highest BCUT2D eigenvalue weighted by molar-refractivity contribution is 5.75. The molecular weight excluding hydrogens is 216 g/mol. The monoisotopic (exact) mass is 230 g/mol. The molecule has 0 fully saturated rings. The summed E-state index contributed by atoms with van der Waals surface area (Å²) in [5.74, 6) is 1.57. The van der Waals surface area contributed by atoms with E-state index in [4.69, 9.17) is 9.15 Å². The van der Waals surface area contributed by atoms with Gasteiger partial charge in [-0.2, -0.15) is 5.10 Å². The van der Waals surface area contributed by atoms with Gasteiger partial charge >= 0.3 is 0 Å². The van der Waals surface area contributed by atoms with E-state index in [9.17, 15) is 0 Å². The predicted octanol–water partition coefficient (Wildman–Crippen LogP) is 2.41. The summed E-state index contributed by atoms with van der Waals surface area (Å²) in [6.45, 7) is 0.612. The topological polar surface area (TPSA) is 46.8 Å². The van der Waals surface area contributed by atoms with Crippen LogP contribution in [-0.2, 0) is 6.54 Å². The molecule has 0 amide bonds. The maximum atomic E-state index is 5.24. The minimum atomic E-state index is 0.612. The highest BCUT2D eigenvalue weighted by atomic mass is 16.5. The molecule has 0 saturated carbocycles. The van der Waals surface area contributed by atoms with Gasteiger partial charge in [-0.05, 0) is 18.2 Å². The normalized spacial score (nSPS) is 10.6. The number of hydrazone groups is 1. The summed E-state index contributed by atoms with van der Waals surface area (Å²) >= 11 is 0. The minimum Gasteiger partial charge on any atom is -0.496 e. The second-order valence-electron chi connectivity index (χ2n) is 3.42. The number of furan rings is 1. The molecule has 0 saturated heterocycles. The van der Waals surface area contributed by atoms with Crippen LogP contribution in [0.3, 0.4) is 0 Å². The summed E-state index contributed by atoms with van der Waals surface area (Å²) < 4.78 is 10.4. The molecule has 17 heavy (non-hydrogen) atoms. The quantitative estimate of drug-likeness (QED) is 0.633. The molecule has 0 unspecified atom stereocenters. The molecule has 0 aliphatic heterocycles. The third kappa shape index (κ3) is 3.11. The minimum absolute atomic E-state index is 0.612. The number of rotatable bonds is 5. The lowest BCUT2D eigenvalue weighted by Gasteiger charge is -2.06. The first kappa shape index (κ1) is 11.3. The molecule has 4 nitrogen and oxygen atoms in total. The van der Waals surface area contributed by atoms with Crippen LogP contribution in [0, 0.1) is 0 Å². The van der Waals surface area contributed by atoms with E-state index in [0.29, 0.717) is 6.54 Å². The molecule has 0 atom stereocenters. The van der Waals surface area contributed by atoms with Crippen molar-refractivity contribution in [3.8, 4) is 5.75 Å². The molecular formula is C13H14N2O2. The fraction of sp³-hybridized carbons (Fsp3) is 0.154. The first-order chi connectivity index (χ1) is 8.40. The third-order valence-electron chi connectivity index (χ3n) is 2.29. The Labute approximate surface area is 99.9 Å². The van der Waals surface area contributed by atoms with E-state index < -0.39 is 0 Å². The lowest BCUT2D eigenvalue weighted by molar-refractivity contribution is 0.408. The fourth-order valence-corrected chi connectivity index (χ4v) is 1.45. The van der Waals surface area contributed by atoms with Crippen molar-refractivity contribution in [1.82, 2.24) is 5.43 Å².